The summed E-state index contributed by atoms with van der Waals surface area (Å²) in [4.78, 5) is 45.9. The molecule has 0 unspecified atom stereocenters. The lowest BCUT2D eigenvalue weighted by molar-refractivity contribution is -0.0789. The number of hydrogen-bond donors (Lipinski definition) is 1. The Morgan fingerprint density at radius 3 is 2.61 bits per heavy atom. The molecule has 9 nitrogen and oxygen atoms in total. The molecule has 3 aliphatic rings. The number of aromatic nitrogens is 1. The molecule has 11 heteroatoms. The van der Waals surface area contributed by atoms with Crippen molar-refractivity contribution in [2.24, 2.45) is 5.92 Å². The minimum Gasteiger partial charge on any atom is -0.483 e. The number of pyridine rings is 1. The molecule has 1 aromatic heterocycles. The van der Waals surface area contributed by atoms with E-state index in [-0.39, 0.29) is 53.8 Å². The molecule has 0 radical (unpaired) electrons. The molecule has 1 aliphatic carbocycles. The molecule has 0 bridgehead atoms. The van der Waals surface area contributed by atoms with Gasteiger partial charge in [0.05, 0.1) is 13.2 Å². The zero-order valence-corrected chi connectivity index (χ0v) is 24.6. The maximum Gasteiger partial charge on any atom is 0.276 e. The molecule has 0 spiro atoms. The number of amides is 2. The van der Waals surface area contributed by atoms with Gasteiger partial charge >= 0.3 is 0 Å². The van der Waals surface area contributed by atoms with E-state index in [0.717, 1.165) is 49.9 Å². The third-order valence-corrected chi connectivity index (χ3v) is 8.98. The summed E-state index contributed by atoms with van der Waals surface area (Å²) in [5, 5.41) is 2.57. The Morgan fingerprint density at radius 2 is 1.84 bits per heavy atom. The summed E-state index contributed by atoms with van der Waals surface area (Å²) in [5.74, 6) is -2.43. The predicted molar refractivity (Wildman–Crippen MR) is 158 cm³/mol. The van der Waals surface area contributed by atoms with E-state index in [1.165, 1.54) is 12.3 Å². The van der Waals surface area contributed by atoms with Gasteiger partial charge in [-0.2, -0.15) is 0 Å². The van der Waals surface area contributed by atoms with Gasteiger partial charge in [0.25, 0.3) is 11.8 Å². The topological polar surface area (TPSA) is 93.1 Å². The van der Waals surface area contributed by atoms with Gasteiger partial charge in [0, 0.05) is 50.6 Å². The molecule has 3 heterocycles. The SMILES string of the molecule is COCCN1C[C@@H]2CCCC[C@@H]2N2C(=O)c3c(OCc4ccccc4)c(=O)c(C(=O)NCc4ccc(F)cc4F)cn3C[C@@H]12. The van der Waals surface area contributed by atoms with Crippen LogP contribution in [-0.2, 0) is 24.4 Å². The number of rotatable bonds is 9. The summed E-state index contributed by atoms with van der Waals surface area (Å²) in [5.41, 5.74) is 0.0489. The van der Waals surface area contributed by atoms with Crippen LogP contribution < -0.4 is 15.5 Å². The number of hydrogen-bond acceptors (Lipinski definition) is 6. The molecule has 2 aliphatic heterocycles. The lowest BCUT2D eigenvalue weighted by Crippen LogP contribution is -2.68. The Hall–Kier alpha value is -4.09. The second-order valence-electron chi connectivity index (χ2n) is 11.7. The highest BCUT2D eigenvalue weighted by molar-refractivity contribution is 5.99. The molecule has 3 aromatic rings. The number of nitrogens with zero attached hydrogens (tertiary/aromatic N) is 3. The van der Waals surface area contributed by atoms with Crippen LogP contribution in [0.5, 0.6) is 5.75 Å². The highest BCUT2D eigenvalue weighted by atomic mass is 19.1. The van der Waals surface area contributed by atoms with Crippen molar-refractivity contribution in [1.82, 2.24) is 19.7 Å². The van der Waals surface area contributed by atoms with Crippen LogP contribution >= 0.6 is 0 Å². The van der Waals surface area contributed by atoms with Crippen molar-refractivity contribution in [3.05, 3.63) is 99.0 Å². The number of fused-ring (bicyclic) bond motifs is 4. The molecule has 3 atom stereocenters. The van der Waals surface area contributed by atoms with E-state index in [2.05, 4.69) is 10.2 Å². The van der Waals surface area contributed by atoms with Crippen LogP contribution in [0.25, 0.3) is 0 Å². The first-order valence-corrected chi connectivity index (χ1v) is 15.1. The minimum atomic E-state index is -0.806. The van der Waals surface area contributed by atoms with Crippen LogP contribution in [-0.4, -0.2) is 65.2 Å². The van der Waals surface area contributed by atoms with E-state index in [1.54, 1.807) is 11.7 Å². The second-order valence-corrected chi connectivity index (χ2v) is 11.7. The maximum absolute atomic E-state index is 14.4. The first-order valence-electron chi connectivity index (χ1n) is 15.1. The molecular formula is C33H36F2N4O5. The van der Waals surface area contributed by atoms with Gasteiger partial charge in [0.2, 0.25) is 5.43 Å². The Kier molecular flexibility index (Phi) is 8.76. The van der Waals surface area contributed by atoms with Crippen LogP contribution in [0, 0.1) is 17.6 Å². The van der Waals surface area contributed by atoms with Gasteiger partial charge in [0.15, 0.2) is 11.4 Å². The van der Waals surface area contributed by atoms with Crippen molar-refractivity contribution >= 4 is 11.8 Å². The lowest BCUT2D eigenvalue weighted by atomic mass is 9.80. The van der Waals surface area contributed by atoms with E-state index in [1.807, 2.05) is 35.2 Å². The molecule has 232 valence electrons. The minimum absolute atomic E-state index is 0.0255. The molecule has 2 aromatic carbocycles. The summed E-state index contributed by atoms with van der Waals surface area (Å²) in [6.07, 6.45) is 5.21. The summed E-state index contributed by atoms with van der Waals surface area (Å²) in [6.45, 7) is 2.09. The molecule has 2 amide bonds. The number of carbonyl (C=O) groups excluding carboxylic acids is 2. The van der Waals surface area contributed by atoms with E-state index < -0.39 is 23.0 Å². The number of ether oxygens (including phenoxy) is 2. The average molecular weight is 607 g/mol. The van der Waals surface area contributed by atoms with Crippen molar-refractivity contribution in [1.29, 1.82) is 0 Å². The third-order valence-electron chi connectivity index (χ3n) is 8.98. The van der Waals surface area contributed by atoms with Crippen molar-refractivity contribution in [2.75, 3.05) is 26.8 Å². The monoisotopic (exact) mass is 606 g/mol. The molecule has 1 N–H and O–H groups in total. The van der Waals surface area contributed by atoms with Crippen LogP contribution in [0.4, 0.5) is 8.78 Å². The Bertz CT molecular complexity index is 1600. The van der Waals surface area contributed by atoms with Gasteiger partial charge in [-0.05, 0) is 30.4 Å². The fourth-order valence-electron chi connectivity index (χ4n) is 6.79. The van der Waals surface area contributed by atoms with Crippen LogP contribution in [0.2, 0.25) is 0 Å². The number of benzene rings is 2. The second kappa shape index (κ2) is 12.9. The number of nitrogens with one attached hydrogen (secondary N) is 1. The Morgan fingerprint density at radius 1 is 1.05 bits per heavy atom. The number of halogens is 2. The smallest absolute Gasteiger partial charge is 0.276 e. The first-order chi connectivity index (χ1) is 21.4. The first kappa shape index (κ1) is 30.0. The predicted octanol–water partition coefficient (Wildman–Crippen LogP) is 3.94. The lowest BCUT2D eigenvalue weighted by Gasteiger charge is -2.55. The quantitative estimate of drug-likeness (QED) is 0.397. The molecule has 2 fully saturated rings. The van der Waals surface area contributed by atoms with Gasteiger partial charge in [-0.1, -0.05) is 49.2 Å². The summed E-state index contributed by atoms with van der Waals surface area (Å²) in [7, 11) is 1.65. The van der Waals surface area contributed by atoms with Gasteiger partial charge in [0.1, 0.15) is 30.0 Å². The summed E-state index contributed by atoms with van der Waals surface area (Å²) < 4.78 is 40.7. The van der Waals surface area contributed by atoms with Crippen LogP contribution in [0.3, 0.4) is 0 Å². The highest BCUT2D eigenvalue weighted by Crippen LogP contribution is 2.39. The molecular weight excluding hydrogens is 570 g/mol. The van der Waals surface area contributed by atoms with Gasteiger partial charge in [-0.25, -0.2) is 8.78 Å². The summed E-state index contributed by atoms with van der Waals surface area (Å²) in [6, 6.07) is 12.4. The average Bonchev–Trinajstić information content (AvgIpc) is 3.03. The largest absolute Gasteiger partial charge is 0.483 e. The maximum atomic E-state index is 14.4. The van der Waals surface area contributed by atoms with Crippen LogP contribution in [0.15, 0.2) is 59.5 Å². The van der Waals surface area contributed by atoms with E-state index in [0.29, 0.717) is 25.6 Å². The zero-order valence-electron chi connectivity index (χ0n) is 24.6. The normalized spacial score (nSPS) is 21.3. The Labute approximate surface area is 254 Å². The summed E-state index contributed by atoms with van der Waals surface area (Å²) >= 11 is 0. The fourth-order valence-corrected chi connectivity index (χ4v) is 6.79. The highest BCUT2D eigenvalue weighted by Gasteiger charge is 2.48. The molecule has 1 saturated carbocycles. The van der Waals surface area contributed by atoms with Crippen molar-refractivity contribution < 1.29 is 27.8 Å². The van der Waals surface area contributed by atoms with Crippen molar-refractivity contribution in [3.8, 4) is 5.75 Å². The van der Waals surface area contributed by atoms with Crippen molar-refractivity contribution in [2.45, 2.75) is 57.6 Å². The van der Waals surface area contributed by atoms with E-state index >= 15 is 0 Å². The van der Waals surface area contributed by atoms with Crippen LogP contribution in [0.1, 0.15) is 57.7 Å². The van der Waals surface area contributed by atoms with Gasteiger partial charge in [-0.15, -0.1) is 0 Å². The standard InChI is InChI=1S/C33H36F2N4O5/c1-43-14-13-37-17-23-9-5-6-10-27(23)39-28(37)19-38-18-25(32(41)36-16-22-11-12-24(34)15-26(22)35)30(40)31(29(38)33(39)42)44-20-21-7-3-2-4-8-21/h2-4,7-8,11-12,15,18,23,27-28H,5-6,9-10,13-14,16-17,19-20H2,1H3,(H,36,41)/t23-,27-,28-/m0/s1. The number of carbonyl (C=O) groups is 2. The third kappa shape index (κ3) is 5.86. The van der Waals surface area contributed by atoms with E-state index in [4.69, 9.17) is 9.47 Å². The number of methoxy groups -OCH3 is 1. The Balaban J connectivity index is 1.38. The van der Waals surface area contributed by atoms with Crippen molar-refractivity contribution in [3.63, 3.8) is 0 Å². The van der Waals surface area contributed by atoms with Gasteiger partial charge in [-0.3, -0.25) is 19.3 Å². The van der Waals surface area contributed by atoms with Gasteiger partial charge < -0.3 is 24.3 Å². The fraction of sp³-hybridized carbons (Fsp3) is 0.424. The van der Waals surface area contributed by atoms with E-state index in [9.17, 15) is 23.2 Å². The molecule has 1 saturated heterocycles. The molecule has 6 rings (SSSR count). The molecule has 44 heavy (non-hydrogen) atoms. The zero-order chi connectivity index (χ0) is 30.8.